The molecule has 1 aromatic carbocycles. The van der Waals surface area contributed by atoms with Gasteiger partial charge in [0.15, 0.2) is 0 Å². The van der Waals surface area contributed by atoms with Crippen molar-refractivity contribution in [3.05, 3.63) is 53.9 Å². The summed E-state index contributed by atoms with van der Waals surface area (Å²) < 4.78 is 0. The highest BCUT2D eigenvalue weighted by atomic mass is 15.0. The van der Waals surface area contributed by atoms with E-state index >= 15 is 0 Å². The van der Waals surface area contributed by atoms with E-state index in [1.807, 2.05) is 12.4 Å². The summed E-state index contributed by atoms with van der Waals surface area (Å²) in [7, 11) is 0. The van der Waals surface area contributed by atoms with E-state index in [0.29, 0.717) is 18.4 Å². The lowest BCUT2D eigenvalue weighted by atomic mass is 9.83. The molecule has 0 amide bonds. The van der Waals surface area contributed by atoms with E-state index in [2.05, 4.69) is 59.0 Å². The second kappa shape index (κ2) is 7.94. The number of nitrogens with zero attached hydrogens (tertiary/aromatic N) is 2. The van der Waals surface area contributed by atoms with Gasteiger partial charge in [0, 0.05) is 29.5 Å². The average molecular weight is 358 g/mol. The van der Waals surface area contributed by atoms with Gasteiger partial charge in [-0.05, 0) is 73.0 Å². The minimum Gasteiger partial charge on any atom is -0.382 e. The van der Waals surface area contributed by atoms with Gasteiger partial charge in [-0.1, -0.05) is 24.6 Å². The summed E-state index contributed by atoms with van der Waals surface area (Å²) >= 11 is 0. The first kappa shape index (κ1) is 17.8. The molecule has 2 N–H and O–H groups in total. The van der Waals surface area contributed by atoms with Crippen molar-refractivity contribution in [1.82, 2.24) is 10.3 Å². The second-order valence-corrected chi connectivity index (χ2v) is 7.68. The quantitative estimate of drug-likeness (QED) is 0.834. The number of hydrogen-bond donors (Lipinski definition) is 2. The Bertz CT molecular complexity index is 929. The number of allylic oxidation sites excluding steroid dienone is 4. The fourth-order valence-corrected chi connectivity index (χ4v) is 4.23. The van der Waals surface area contributed by atoms with Gasteiger partial charge < -0.3 is 10.6 Å². The highest BCUT2D eigenvalue weighted by Crippen LogP contribution is 2.37. The molecular formula is C23H26N4. The summed E-state index contributed by atoms with van der Waals surface area (Å²) in [5, 5.41) is 18.6. The Kier molecular flexibility index (Phi) is 5.22. The van der Waals surface area contributed by atoms with Crippen LogP contribution in [0.4, 0.5) is 5.69 Å². The van der Waals surface area contributed by atoms with E-state index in [0.717, 1.165) is 32.4 Å². The number of rotatable bonds is 4. The fourth-order valence-electron chi connectivity index (χ4n) is 4.23. The van der Waals surface area contributed by atoms with Crippen LogP contribution in [0.15, 0.2) is 48.3 Å². The number of benzene rings is 1. The Morgan fingerprint density at radius 2 is 2.11 bits per heavy atom. The maximum absolute atomic E-state index is 8.97. The van der Waals surface area contributed by atoms with E-state index in [9.17, 15) is 0 Å². The Labute approximate surface area is 161 Å². The van der Waals surface area contributed by atoms with Gasteiger partial charge in [0.25, 0.3) is 0 Å². The van der Waals surface area contributed by atoms with E-state index < -0.39 is 0 Å². The van der Waals surface area contributed by atoms with Gasteiger partial charge in [-0.2, -0.15) is 5.26 Å². The molecule has 0 radical (unpaired) electrons. The molecule has 1 atom stereocenters. The van der Waals surface area contributed by atoms with Crippen molar-refractivity contribution in [3.8, 4) is 6.07 Å². The lowest BCUT2D eigenvalue weighted by molar-refractivity contribution is 0.479. The van der Waals surface area contributed by atoms with Crippen LogP contribution in [0, 0.1) is 17.2 Å². The number of anilines is 1. The summed E-state index contributed by atoms with van der Waals surface area (Å²) in [4.78, 5) is 4.35. The molecule has 138 valence electrons. The van der Waals surface area contributed by atoms with Gasteiger partial charge in [-0.15, -0.1) is 0 Å². The monoisotopic (exact) mass is 358 g/mol. The number of hydrogen-bond acceptors (Lipinski definition) is 4. The van der Waals surface area contributed by atoms with Crippen molar-refractivity contribution in [2.24, 2.45) is 5.92 Å². The summed E-state index contributed by atoms with van der Waals surface area (Å²) in [6.45, 7) is 4.40. The van der Waals surface area contributed by atoms with Crippen LogP contribution >= 0.6 is 0 Å². The van der Waals surface area contributed by atoms with Gasteiger partial charge in [0.1, 0.15) is 0 Å². The van der Waals surface area contributed by atoms with Crippen LogP contribution in [0.2, 0.25) is 0 Å². The predicted molar refractivity (Wildman–Crippen MR) is 111 cm³/mol. The minimum atomic E-state index is 0.421. The summed E-state index contributed by atoms with van der Waals surface area (Å²) in [5.41, 5.74) is 5.03. The van der Waals surface area contributed by atoms with Gasteiger partial charge in [0.2, 0.25) is 0 Å². The molecule has 0 spiro atoms. The summed E-state index contributed by atoms with van der Waals surface area (Å²) in [5.74, 6) is 0.421. The normalized spacial score (nSPS) is 20.7. The number of pyridine rings is 1. The Balaban J connectivity index is 1.72. The Morgan fingerprint density at radius 1 is 1.26 bits per heavy atom. The molecule has 1 aliphatic heterocycles. The van der Waals surface area contributed by atoms with Gasteiger partial charge >= 0.3 is 0 Å². The smallest absolute Gasteiger partial charge is 0.0666 e. The number of aromatic nitrogens is 1. The van der Waals surface area contributed by atoms with Crippen LogP contribution in [-0.4, -0.2) is 24.1 Å². The number of nitriles is 1. The average Bonchev–Trinajstić information content (AvgIpc) is 2.69. The fraction of sp³-hybridized carbons (Fsp3) is 0.391. The number of piperidine rings is 1. The Morgan fingerprint density at radius 3 is 2.89 bits per heavy atom. The lowest BCUT2D eigenvalue weighted by Crippen LogP contribution is -2.35. The molecule has 4 heteroatoms. The van der Waals surface area contributed by atoms with Gasteiger partial charge in [-0.25, -0.2) is 0 Å². The van der Waals surface area contributed by atoms with E-state index in [-0.39, 0.29) is 0 Å². The highest BCUT2D eigenvalue weighted by molar-refractivity contribution is 5.96. The molecule has 2 aromatic rings. The van der Waals surface area contributed by atoms with Crippen molar-refractivity contribution in [1.29, 1.82) is 5.26 Å². The molecule has 4 rings (SSSR count). The first-order valence-corrected chi connectivity index (χ1v) is 9.86. The molecule has 4 nitrogen and oxygen atoms in total. The predicted octanol–water partition coefficient (Wildman–Crippen LogP) is 4.66. The van der Waals surface area contributed by atoms with Crippen molar-refractivity contribution < 1.29 is 0 Å². The lowest BCUT2D eigenvalue weighted by Gasteiger charge is -2.27. The number of nitrogens with one attached hydrogen (secondary N) is 2. The van der Waals surface area contributed by atoms with Crippen LogP contribution < -0.4 is 10.6 Å². The van der Waals surface area contributed by atoms with Crippen LogP contribution in [0.5, 0.6) is 0 Å². The minimum absolute atomic E-state index is 0.421. The molecule has 27 heavy (non-hydrogen) atoms. The van der Waals surface area contributed by atoms with Crippen molar-refractivity contribution in [2.75, 3.05) is 18.4 Å². The second-order valence-electron chi connectivity index (χ2n) is 7.68. The number of fused-ring (bicyclic) bond motifs is 1. The molecule has 0 saturated carbocycles. The van der Waals surface area contributed by atoms with Crippen LogP contribution in [0.1, 0.15) is 38.2 Å². The zero-order chi connectivity index (χ0) is 18.6. The topological polar surface area (TPSA) is 60.7 Å². The van der Waals surface area contributed by atoms with Crippen LogP contribution in [-0.2, 0) is 0 Å². The largest absolute Gasteiger partial charge is 0.382 e. The molecule has 1 fully saturated rings. The van der Waals surface area contributed by atoms with Crippen LogP contribution in [0.25, 0.3) is 16.3 Å². The highest BCUT2D eigenvalue weighted by Gasteiger charge is 2.19. The zero-order valence-corrected chi connectivity index (χ0v) is 15.8. The molecular weight excluding hydrogens is 332 g/mol. The molecule has 1 aromatic heterocycles. The third-order valence-electron chi connectivity index (χ3n) is 5.69. The van der Waals surface area contributed by atoms with Crippen molar-refractivity contribution in [3.63, 3.8) is 0 Å². The van der Waals surface area contributed by atoms with Crippen molar-refractivity contribution >= 4 is 22.0 Å². The standard InChI is InChI=1S/C23H26N4/c1-16-12-17(4-8-24)2-3-21(16)19-13-18-5-9-26-15-22(18)23(14-19)27-20-6-10-25-11-7-20/h2-3,5,9,13-16,20,25,27H,4,6-7,10-12H2,1H3. The summed E-state index contributed by atoms with van der Waals surface area (Å²) in [6, 6.07) is 9.43. The van der Waals surface area contributed by atoms with Crippen LogP contribution in [0.3, 0.4) is 0 Å². The molecule has 1 aliphatic carbocycles. The van der Waals surface area contributed by atoms with E-state index in [1.54, 1.807) is 0 Å². The van der Waals surface area contributed by atoms with Gasteiger partial charge in [0.05, 0.1) is 12.5 Å². The molecule has 2 aliphatic rings. The van der Waals surface area contributed by atoms with E-state index in [4.69, 9.17) is 5.26 Å². The first-order chi connectivity index (χ1) is 13.2. The molecule has 1 saturated heterocycles. The third kappa shape index (κ3) is 3.89. The third-order valence-corrected chi connectivity index (χ3v) is 5.69. The SMILES string of the molecule is CC1CC(CC#N)=CC=C1c1cc(NC2CCNCC2)c2cnccc2c1. The maximum atomic E-state index is 8.97. The first-order valence-electron chi connectivity index (χ1n) is 9.86. The van der Waals surface area contributed by atoms with Gasteiger partial charge in [-0.3, -0.25) is 4.98 Å². The molecule has 1 unspecified atom stereocenters. The maximum Gasteiger partial charge on any atom is 0.0666 e. The summed E-state index contributed by atoms with van der Waals surface area (Å²) in [6.07, 6.45) is 11.9. The molecule has 2 heterocycles. The zero-order valence-electron chi connectivity index (χ0n) is 15.8. The molecule has 0 bridgehead atoms. The van der Waals surface area contributed by atoms with E-state index in [1.165, 1.54) is 33.2 Å². The Hall–Kier alpha value is -2.64. The van der Waals surface area contributed by atoms with Crippen molar-refractivity contribution in [2.45, 2.75) is 38.6 Å².